The smallest absolute Gasteiger partial charge is 0.0842 e. The van der Waals surface area contributed by atoms with E-state index in [1.807, 2.05) is 17.8 Å². The van der Waals surface area contributed by atoms with Gasteiger partial charge in [-0.15, -0.1) is 0 Å². The number of nitrogens with one attached hydrogen (secondary N) is 1. The molecule has 96 valence electrons. The maximum absolute atomic E-state index is 10.3. The molecule has 0 spiro atoms. The van der Waals surface area contributed by atoms with Gasteiger partial charge in [0.1, 0.15) is 0 Å². The van der Waals surface area contributed by atoms with Gasteiger partial charge in [0.15, 0.2) is 0 Å². The molecule has 1 aromatic heterocycles. The fraction of sp³-hybridized carbons (Fsp3) is 0.769. The van der Waals surface area contributed by atoms with Gasteiger partial charge in [-0.25, -0.2) is 0 Å². The fourth-order valence-corrected chi connectivity index (χ4v) is 2.72. The molecular formula is C13H23N3O. The highest BCUT2D eigenvalue weighted by Crippen LogP contribution is 2.38. The molecule has 1 aliphatic rings. The van der Waals surface area contributed by atoms with Gasteiger partial charge in [-0.2, -0.15) is 5.10 Å². The van der Waals surface area contributed by atoms with Gasteiger partial charge in [0, 0.05) is 17.8 Å². The van der Waals surface area contributed by atoms with Gasteiger partial charge in [0.05, 0.1) is 17.8 Å². The largest absolute Gasteiger partial charge is 0.388 e. The Hall–Kier alpha value is -0.870. The lowest BCUT2D eigenvalue weighted by Gasteiger charge is -2.25. The van der Waals surface area contributed by atoms with Crippen molar-refractivity contribution in [1.82, 2.24) is 15.1 Å². The van der Waals surface area contributed by atoms with E-state index >= 15 is 0 Å². The van der Waals surface area contributed by atoms with Crippen LogP contribution in [0.4, 0.5) is 0 Å². The van der Waals surface area contributed by atoms with E-state index < -0.39 is 5.60 Å². The minimum Gasteiger partial charge on any atom is -0.388 e. The molecule has 0 saturated heterocycles. The summed E-state index contributed by atoms with van der Waals surface area (Å²) in [6.45, 7) is 7.10. The Morgan fingerprint density at radius 2 is 2.47 bits per heavy atom. The molecule has 0 radical (unpaired) electrons. The molecule has 1 aliphatic carbocycles. The quantitative estimate of drug-likeness (QED) is 0.842. The summed E-state index contributed by atoms with van der Waals surface area (Å²) in [5.41, 5.74) is 0.583. The summed E-state index contributed by atoms with van der Waals surface area (Å²) in [6.07, 6.45) is 6.94. The van der Waals surface area contributed by atoms with Gasteiger partial charge < -0.3 is 10.4 Å². The highest BCUT2D eigenvalue weighted by atomic mass is 16.3. The van der Waals surface area contributed by atoms with Crippen LogP contribution in [-0.2, 0) is 0 Å². The number of rotatable bonds is 4. The van der Waals surface area contributed by atoms with Crippen LogP contribution in [0.1, 0.15) is 57.7 Å². The Labute approximate surface area is 103 Å². The first-order valence-electron chi connectivity index (χ1n) is 6.54. The normalized spacial score (nSPS) is 30.7. The van der Waals surface area contributed by atoms with Crippen molar-refractivity contribution < 1.29 is 5.11 Å². The standard InChI is InChI=1S/C13H23N3O/c1-4-14-10(2)11-8-15-16(9-11)12-6-5-7-13(12,3)17/h8-10,12,14,17H,4-7H2,1-3H3. The van der Waals surface area contributed by atoms with Crippen LogP contribution >= 0.6 is 0 Å². The number of aliphatic hydroxyl groups is 1. The second-order valence-corrected chi connectivity index (χ2v) is 5.30. The van der Waals surface area contributed by atoms with Gasteiger partial charge >= 0.3 is 0 Å². The van der Waals surface area contributed by atoms with Crippen LogP contribution in [-0.4, -0.2) is 27.0 Å². The van der Waals surface area contributed by atoms with E-state index in [1.165, 1.54) is 5.56 Å². The molecule has 1 fully saturated rings. The maximum atomic E-state index is 10.3. The highest BCUT2D eigenvalue weighted by Gasteiger charge is 2.38. The maximum Gasteiger partial charge on any atom is 0.0842 e. The van der Waals surface area contributed by atoms with Crippen molar-refractivity contribution >= 4 is 0 Å². The van der Waals surface area contributed by atoms with Crippen molar-refractivity contribution in [3.05, 3.63) is 18.0 Å². The minimum absolute atomic E-state index is 0.130. The van der Waals surface area contributed by atoms with Gasteiger partial charge in [0.2, 0.25) is 0 Å². The molecule has 2 rings (SSSR count). The third-order valence-corrected chi connectivity index (χ3v) is 3.83. The second-order valence-electron chi connectivity index (χ2n) is 5.30. The van der Waals surface area contributed by atoms with Crippen LogP contribution in [0.2, 0.25) is 0 Å². The van der Waals surface area contributed by atoms with E-state index in [0.29, 0.717) is 6.04 Å². The van der Waals surface area contributed by atoms with E-state index in [2.05, 4.69) is 30.5 Å². The fourth-order valence-electron chi connectivity index (χ4n) is 2.72. The van der Waals surface area contributed by atoms with Gasteiger partial charge in [-0.05, 0) is 39.7 Å². The molecular weight excluding hydrogens is 214 g/mol. The molecule has 1 heterocycles. The average molecular weight is 237 g/mol. The van der Waals surface area contributed by atoms with Crippen molar-refractivity contribution in [2.75, 3.05) is 6.54 Å². The number of hydrogen-bond acceptors (Lipinski definition) is 3. The van der Waals surface area contributed by atoms with Crippen molar-refractivity contribution in [1.29, 1.82) is 0 Å². The van der Waals surface area contributed by atoms with Crippen molar-refractivity contribution in [3.63, 3.8) is 0 Å². The molecule has 1 saturated carbocycles. The zero-order valence-corrected chi connectivity index (χ0v) is 11.0. The lowest BCUT2D eigenvalue weighted by Crippen LogP contribution is -2.31. The summed E-state index contributed by atoms with van der Waals surface area (Å²) < 4.78 is 1.94. The Morgan fingerprint density at radius 3 is 3.06 bits per heavy atom. The van der Waals surface area contributed by atoms with Gasteiger partial charge in [0.25, 0.3) is 0 Å². The van der Waals surface area contributed by atoms with E-state index in [9.17, 15) is 5.11 Å². The monoisotopic (exact) mass is 237 g/mol. The van der Waals surface area contributed by atoms with E-state index in [1.54, 1.807) is 0 Å². The van der Waals surface area contributed by atoms with Crippen LogP contribution in [0.5, 0.6) is 0 Å². The summed E-state index contributed by atoms with van der Waals surface area (Å²) in [6, 6.07) is 0.449. The van der Waals surface area contributed by atoms with Crippen LogP contribution < -0.4 is 5.32 Å². The number of nitrogens with zero attached hydrogens (tertiary/aromatic N) is 2. The summed E-state index contributed by atoms with van der Waals surface area (Å²) in [5, 5.41) is 18.1. The minimum atomic E-state index is -0.606. The highest BCUT2D eigenvalue weighted by molar-refractivity contribution is 5.11. The predicted octanol–water partition coefficient (Wildman–Crippen LogP) is 2.03. The molecule has 3 unspecified atom stereocenters. The van der Waals surface area contributed by atoms with Crippen LogP contribution in [0.3, 0.4) is 0 Å². The Kier molecular flexibility index (Phi) is 3.54. The number of hydrogen-bond donors (Lipinski definition) is 2. The topological polar surface area (TPSA) is 50.1 Å². The third kappa shape index (κ3) is 2.53. The van der Waals surface area contributed by atoms with E-state index in [-0.39, 0.29) is 6.04 Å². The van der Waals surface area contributed by atoms with Crippen molar-refractivity contribution in [2.45, 2.75) is 57.7 Å². The summed E-state index contributed by atoms with van der Waals surface area (Å²) >= 11 is 0. The average Bonchev–Trinajstić information content (AvgIpc) is 2.84. The zero-order chi connectivity index (χ0) is 12.5. The summed E-state index contributed by atoms with van der Waals surface area (Å²) in [5.74, 6) is 0. The first kappa shape index (κ1) is 12.6. The molecule has 2 N–H and O–H groups in total. The Bertz CT molecular complexity index is 372. The van der Waals surface area contributed by atoms with Gasteiger partial charge in [-0.3, -0.25) is 4.68 Å². The summed E-state index contributed by atoms with van der Waals surface area (Å²) in [7, 11) is 0. The van der Waals surface area contributed by atoms with E-state index in [4.69, 9.17) is 0 Å². The Balaban J connectivity index is 2.13. The first-order valence-corrected chi connectivity index (χ1v) is 6.54. The zero-order valence-electron chi connectivity index (χ0n) is 11.0. The molecule has 0 amide bonds. The number of aromatic nitrogens is 2. The second kappa shape index (κ2) is 4.78. The molecule has 4 heteroatoms. The molecule has 4 nitrogen and oxygen atoms in total. The van der Waals surface area contributed by atoms with Crippen LogP contribution in [0, 0.1) is 0 Å². The lowest BCUT2D eigenvalue weighted by molar-refractivity contribution is 0.0221. The van der Waals surface area contributed by atoms with E-state index in [0.717, 1.165) is 25.8 Å². The van der Waals surface area contributed by atoms with Crippen LogP contribution in [0.25, 0.3) is 0 Å². The van der Waals surface area contributed by atoms with Crippen molar-refractivity contribution in [3.8, 4) is 0 Å². The molecule has 0 aliphatic heterocycles. The third-order valence-electron chi connectivity index (χ3n) is 3.83. The SMILES string of the molecule is CCNC(C)c1cnn(C2CCCC2(C)O)c1. The molecule has 17 heavy (non-hydrogen) atoms. The predicted molar refractivity (Wildman–Crippen MR) is 67.8 cm³/mol. The molecule has 0 bridgehead atoms. The van der Waals surface area contributed by atoms with Crippen molar-refractivity contribution in [2.24, 2.45) is 0 Å². The van der Waals surface area contributed by atoms with Crippen LogP contribution in [0.15, 0.2) is 12.4 Å². The Morgan fingerprint density at radius 1 is 1.71 bits per heavy atom. The first-order chi connectivity index (χ1) is 8.04. The molecule has 0 aromatic carbocycles. The molecule has 3 atom stereocenters. The summed E-state index contributed by atoms with van der Waals surface area (Å²) in [4.78, 5) is 0. The van der Waals surface area contributed by atoms with Gasteiger partial charge in [-0.1, -0.05) is 6.92 Å². The lowest BCUT2D eigenvalue weighted by atomic mass is 10.0. The molecule has 1 aromatic rings.